The monoisotopic (exact) mass is 152 g/mol. The van der Waals surface area contributed by atoms with Crippen molar-refractivity contribution in [1.82, 2.24) is 0 Å². The van der Waals surface area contributed by atoms with E-state index in [2.05, 4.69) is 0 Å². The summed E-state index contributed by atoms with van der Waals surface area (Å²) in [6, 6.07) is 7.74. The zero-order valence-electron chi connectivity index (χ0n) is 6.26. The van der Waals surface area contributed by atoms with E-state index in [1.165, 1.54) is 0 Å². The highest BCUT2D eigenvalue weighted by molar-refractivity contribution is 5.29. The second-order valence-corrected chi connectivity index (χ2v) is 2.89. The first-order valence-corrected chi connectivity index (χ1v) is 3.91. The molecule has 0 radical (unpaired) electrons. The Bertz CT molecular complexity index is 259. The van der Waals surface area contributed by atoms with Gasteiger partial charge in [-0.2, -0.15) is 0 Å². The molecule has 0 bridgehead atoms. The number of hydrogen-bond donors (Lipinski definition) is 1. The predicted molar refractivity (Wildman–Crippen MR) is 40.8 cm³/mol. The molecule has 2 heteroatoms. The van der Waals surface area contributed by atoms with Gasteiger partial charge in [0.1, 0.15) is 13.1 Å². The fraction of sp³-hybridized carbons (Fsp3) is 0.333. The van der Waals surface area contributed by atoms with Crippen LogP contribution in [0.5, 0.6) is 0 Å². The van der Waals surface area contributed by atoms with Crippen LogP contribution in [0.2, 0.25) is 0 Å². The molecule has 1 aliphatic heterocycles. The molecule has 1 aromatic rings. The SMILES string of the molecule is F[C@H]1C[NH2+]Cc2ccccc21. The minimum atomic E-state index is -0.764. The number of benzene rings is 1. The lowest BCUT2D eigenvalue weighted by Gasteiger charge is -2.17. The van der Waals surface area contributed by atoms with Crippen LogP contribution < -0.4 is 5.32 Å². The third-order valence-corrected chi connectivity index (χ3v) is 2.13. The summed E-state index contributed by atoms with van der Waals surface area (Å²) in [5, 5.41) is 2.01. The standard InChI is InChI=1S/C9H10FN/c10-9-6-11-5-7-3-1-2-4-8(7)9/h1-4,9,11H,5-6H2/p+1/t9-/m0/s1. The molecule has 0 aliphatic carbocycles. The third-order valence-electron chi connectivity index (χ3n) is 2.13. The Morgan fingerprint density at radius 3 is 3.00 bits per heavy atom. The number of fused-ring (bicyclic) bond motifs is 1. The van der Waals surface area contributed by atoms with Gasteiger partial charge in [0, 0.05) is 11.1 Å². The third kappa shape index (κ3) is 1.14. The minimum absolute atomic E-state index is 0.580. The molecule has 1 nitrogen and oxygen atoms in total. The number of hydrogen-bond acceptors (Lipinski definition) is 0. The van der Waals surface area contributed by atoms with Gasteiger partial charge in [0.15, 0.2) is 6.17 Å². The number of nitrogens with two attached hydrogens (primary N) is 1. The highest BCUT2D eigenvalue weighted by atomic mass is 19.1. The first kappa shape index (κ1) is 6.80. The van der Waals surface area contributed by atoms with Crippen molar-refractivity contribution < 1.29 is 9.71 Å². The van der Waals surface area contributed by atoms with Crippen molar-refractivity contribution in [3.05, 3.63) is 35.4 Å². The van der Waals surface area contributed by atoms with E-state index >= 15 is 0 Å². The molecular formula is C9H11FN+. The van der Waals surface area contributed by atoms with Gasteiger partial charge in [-0.15, -0.1) is 0 Å². The molecule has 0 amide bonds. The van der Waals surface area contributed by atoms with Crippen molar-refractivity contribution in [3.8, 4) is 0 Å². The molecule has 2 rings (SSSR count). The lowest BCUT2D eigenvalue weighted by molar-refractivity contribution is -0.679. The maximum atomic E-state index is 13.1. The average Bonchev–Trinajstić information content (AvgIpc) is 2.06. The van der Waals surface area contributed by atoms with Crippen molar-refractivity contribution in [1.29, 1.82) is 0 Å². The van der Waals surface area contributed by atoms with E-state index in [0.717, 1.165) is 17.7 Å². The van der Waals surface area contributed by atoms with Gasteiger partial charge in [0.05, 0.1) is 0 Å². The van der Waals surface area contributed by atoms with Crippen LogP contribution in [0.3, 0.4) is 0 Å². The Kier molecular flexibility index (Phi) is 1.62. The predicted octanol–water partition coefficient (Wildman–Crippen LogP) is 0.774. The first-order valence-electron chi connectivity index (χ1n) is 3.91. The van der Waals surface area contributed by atoms with Gasteiger partial charge in [-0.1, -0.05) is 24.3 Å². The zero-order valence-corrected chi connectivity index (χ0v) is 6.26. The van der Waals surface area contributed by atoms with Gasteiger partial charge in [-0.3, -0.25) is 0 Å². The summed E-state index contributed by atoms with van der Waals surface area (Å²) < 4.78 is 13.1. The summed E-state index contributed by atoms with van der Waals surface area (Å²) in [6.45, 7) is 1.51. The van der Waals surface area contributed by atoms with Gasteiger partial charge in [0.25, 0.3) is 0 Å². The molecule has 0 saturated carbocycles. The molecule has 0 aromatic heterocycles. The highest BCUT2D eigenvalue weighted by Crippen LogP contribution is 2.21. The van der Waals surface area contributed by atoms with E-state index in [4.69, 9.17) is 0 Å². The Labute approximate surface area is 65.2 Å². The summed E-state index contributed by atoms with van der Waals surface area (Å²) >= 11 is 0. The largest absolute Gasteiger partial charge is 0.340 e. The van der Waals surface area contributed by atoms with Crippen molar-refractivity contribution in [2.45, 2.75) is 12.7 Å². The summed E-state index contributed by atoms with van der Waals surface area (Å²) in [7, 11) is 0. The summed E-state index contributed by atoms with van der Waals surface area (Å²) in [4.78, 5) is 0. The first-order chi connectivity index (χ1) is 5.38. The second kappa shape index (κ2) is 2.62. The van der Waals surface area contributed by atoms with Crippen LogP contribution in [-0.4, -0.2) is 6.54 Å². The van der Waals surface area contributed by atoms with Crippen LogP contribution in [0.25, 0.3) is 0 Å². The summed E-state index contributed by atoms with van der Waals surface area (Å²) in [5.41, 5.74) is 2.03. The van der Waals surface area contributed by atoms with Crippen LogP contribution in [0.1, 0.15) is 17.3 Å². The topological polar surface area (TPSA) is 16.6 Å². The molecule has 0 spiro atoms. The molecule has 1 heterocycles. The summed E-state index contributed by atoms with van der Waals surface area (Å²) in [5.74, 6) is 0. The van der Waals surface area contributed by atoms with Gasteiger partial charge in [-0.05, 0) is 0 Å². The van der Waals surface area contributed by atoms with Crippen LogP contribution >= 0.6 is 0 Å². The molecule has 0 saturated heterocycles. The van der Waals surface area contributed by atoms with E-state index in [0.29, 0.717) is 6.54 Å². The quantitative estimate of drug-likeness (QED) is 0.565. The van der Waals surface area contributed by atoms with Crippen LogP contribution in [0, 0.1) is 0 Å². The van der Waals surface area contributed by atoms with Gasteiger partial charge < -0.3 is 5.32 Å². The lowest BCUT2D eigenvalue weighted by atomic mass is 10.0. The Hall–Kier alpha value is -0.890. The zero-order chi connectivity index (χ0) is 7.68. The summed E-state index contributed by atoms with van der Waals surface area (Å²) in [6.07, 6.45) is -0.764. The van der Waals surface area contributed by atoms with Gasteiger partial charge in [0.2, 0.25) is 0 Å². The van der Waals surface area contributed by atoms with E-state index in [9.17, 15) is 4.39 Å². The number of halogens is 1. The van der Waals surface area contributed by atoms with Crippen LogP contribution in [0.15, 0.2) is 24.3 Å². The molecule has 0 unspecified atom stereocenters. The normalized spacial score (nSPS) is 22.8. The number of alkyl halides is 1. The van der Waals surface area contributed by atoms with E-state index < -0.39 is 6.17 Å². The van der Waals surface area contributed by atoms with Crippen LogP contribution in [0.4, 0.5) is 4.39 Å². The fourth-order valence-electron chi connectivity index (χ4n) is 1.54. The van der Waals surface area contributed by atoms with Gasteiger partial charge >= 0.3 is 0 Å². The Balaban J connectivity index is 2.44. The van der Waals surface area contributed by atoms with E-state index in [1.54, 1.807) is 0 Å². The Morgan fingerprint density at radius 2 is 2.18 bits per heavy atom. The minimum Gasteiger partial charge on any atom is -0.340 e. The van der Waals surface area contributed by atoms with Crippen molar-refractivity contribution in [2.75, 3.05) is 6.54 Å². The molecule has 1 aromatic carbocycles. The maximum absolute atomic E-state index is 13.1. The molecule has 11 heavy (non-hydrogen) atoms. The number of quaternary nitrogens is 1. The van der Waals surface area contributed by atoms with Crippen molar-refractivity contribution >= 4 is 0 Å². The molecule has 0 fully saturated rings. The Morgan fingerprint density at radius 1 is 1.36 bits per heavy atom. The average molecular weight is 152 g/mol. The van der Waals surface area contributed by atoms with Crippen LogP contribution in [-0.2, 0) is 6.54 Å². The highest BCUT2D eigenvalue weighted by Gasteiger charge is 2.20. The lowest BCUT2D eigenvalue weighted by Crippen LogP contribution is -2.84. The molecule has 1 atom stereocenters. The van der Waals surface area contributed by atoms with Crippen molar-refractivity contribution in [3.63, 3.8) is 0 Å². The van der Waals surface area contributed by atoms with E-state index in [-0.39, 0.29) is 0 Å². The number of rotatable bonds is 0. The molecule has 2 N–H and O–H groups in total. The smallest absolute Gasteiger partial charge is 0.174 e. The molecule has 58 valence electrons. The molecular weight excluding hydrogens is 141 g/mol. The molecule has 1 aliphatic rings. The second-order valence-electron chi connectivity index (χ2n) is 2.89. The maximum Gasteiger partial charge on any atom is 0.174 e. The fourth-order valence-corrected chi connectivity index (χ4v) is 1.54. The van der Waals surface area contributed by atoms with E-state index in [1.807, 2.05) is 29.6 Å². The van der Waals surface area contributed by atoms with Crippen molar-refractivity contribution in [2.24, 2.45) is 0 Å². The van der Waals surface area contributed by atoms with Gasteiger partial charge in [-0.25, -0.2) is 4.39 Å².